The second kappa shape index (κ2) is 5.07. The average Bonchev–Trinajstić information content (AvgIpc) is 2.12. The number of carbonyl (C=O) groups is 1. The van der Waals surface area contributed by atoms with Crippen molar-refractivity contribution in [3.63, 3.8) is 0 Å². The van der Waals surface area contributed by atoms with Gasteiger partial charge in [0, 0.05) is 5.56 Å². The van der Waals surface area contributed by atoms with Crippen molar-refractivity contribution in [1.29, 1.82) is 0 Å². The predicted octanol–water partition coefficient (Wildman–Crippen LogP) is 1.51. The van der Waals surface area contributed by atoms with Crippen LogP contribution < -0.4 is 11.5 Å². The Kier molecular flexibility index (Phi) is 3.95. The van der Waals surface area contributed by atoms with Gasteiger partial charge in [0.05, 0.1) is 6.42 Å². The van der Waals surface area contributed by atoms with Gasteiger partial charge >= 0.3 is 6.18 Å². The van der Waals surface area contributed by atoms with Gasteiger partial charge in [0.1, 0.15) is 0 Å². The number of benzene rings is 1. The van der Waals surface area contributed by atoms with Gasteiger partial charge in [0.2, 0.25) is 0 Å². The summed E-state index contributed by atoms with van der Waals surface area (Å²) in [5.41, 5.74) is 10.6. The van der Waals surface area contributed by atoms with E-state index < -0.39 is 24.5 Å². The number of aryl methyl sites for hydroxylation is 1. The summed E-state index contributed by atoms with van der Waals surface area (Å²) < 4.78 is 36.8. The van der Waals surface area contributed by atoms with Crippen LogP contribution in [-0.2, 0) is 6.42 Å². The van der Waals surface area contributed by atoms with E-state index in [9.17, 15) is 18.0 Å². The lowest BCUT2D eigenvalue weighted by atomic mass is 10.0. The molecule has 18 heavy (non-hydrogen) atoms. The van der Waals surface area contributed by atoms with Crippen molar-refractivity contribution in [3.8, 4) is 0 Å². The monoisotopic (exact) mass is 259 g/mol. The summed E-state index contributed by atoms with van der Waals surface area (Å²) in [6.45, 7) is 1.59. The fraction of sp³-hybridized carbons (Fsp3) is 0.273. The molecule has 0 aliphatic heterocycles. The van der Waals surface area contributed by atoms with Gasteiger partial charge in [0.15, 0.2) is 5.96 Å². The molecule has 0 spiro atoms. The Labute approximate surface area is 101 Å². The Balaban J connectivity index is 3.09. The Morgan fingerprint density at radius 3 is 2.39 bits per heavy atom. The molecule has 0 atom stereocenters. The maximum atomic E-state index is 12.3. The number of rotatable bonds is 2. The summed E-state index contributed by atoms with van der Waals surface area (Å²) in [4.78, 5) is 14.8. The van der Waals surface area contributed by atoms with Crippen LogP contribution in [-0.4, -0.2) is 18.0 Å². The fourth-order valence-corrected chi connectivity index (χ4v) is 1.50. The molecule has 98 valence electrons. The van der Waals surface area contributed by atoms with Crippen molar-refractivity contribution in [2.75, 3.05) is 0 Å². The molecule has 1 aromatic carbocycles. The minimum absolute atomic E-state index is 0.00311. The van der Waals surface area contributed by atoms with Crippen molar-refractivity contribution in [1.82, 2.24) is 0 Å². The van der Waals surface area contributed by atoms with E-state index in [2.05, 4.69) is 4.99 Å². The number of hydrogen-bond acceptors (Lipinski definition) is 1. The van der Waals surface area contributed by atoms with Crippen LogP contribution in [0.2, 0.25) is 0 Å². The molecule has 0 bridgehead atoms. The van der Waals surface area contributed by atoms with Gasteiger partial charge in [-0.25, -0.2) is 0 Å². The smallest absolute Gasteiger partial charge is 0.370 e. The van der Waals surface area contributed by atoms with E-state index >= 15 is 0 Å². The van der Waals surface area contributed by atoms with Crippen molar-refractivity contribution >= 4 is 11.9 Å². The number of guanidine groups is 1. The lowest BCUT2D eigenvalue weighted by molar-refractivity contribution is -0.127. The van der Waals surface area contributed by atoms with Gasteiger partial charge in [-0.2, -0.15) is 18.2 Å². The van der Waals surface area contributed by atoms with Crippen LogP contribution in [0.4, 0.5) is 13.2 Å². The van der Waals surface area contributed by atoms with E-state index in [1.807, 2.05) is 0 Å². The number of nitrogens with zero attached hydrogens (tertiary/aromatic N) is 1. The van der Waals surface area contributed by atoms with Crippen molar-refractivity contribution in [2.24, 2.45) is 16.5 Å². The third-order valence-electron chi connectivity index (χ3n) is 2.02. The molecule has 7 heteroatoms. The van der Waals surface area contributed by atoms with E-state index in [4.69, 9.17) is 11.5 Å². The van der Waals surface area contributed by atoms with Crippen LogP contribution in [0.5, 0.6) is 0 Å². The van der Waals surface area contributed by atoms with Gasteiger partial charge in [-0.1, -0.05) is 11.6 Å². The molecule has 0 saturated heterocycles. The lowest BCUT2D eigenvalue weighted by Crippen LogP contribution is -2.24. The summed E-state index contributed by atoms with van der Waals surface area (Å²) in [5, 5.41) is 0. The minimum Gasteiger partial charge on any atom is -0.370 e. The predicted molar refractivity (Wildman–Crippen MR) is 61.1 cm³/mol. The molecule has 0 fully saturated rings. The van der Waals surface area contributed by atoms with Crippen LogP contribution in [0.1, 0.15) is 21.5 Å². The lowest BCUT2D eigenvalue weighted by Gasteiger charge is -2.08. The molecular formula is C11H12F3N3O. The zero-order valence-corrected chi connectivity index (χ0v) is 9.58. The molecule has 1 amide bonds. The molecule has 0 unspecified atom stereocenters. The summed E-state index contributed by atoms with van der Waals surface area (Å²) in [6, 6.07) is 3.92. The number of alkyl halides is 3. The van der Waals surface area contributed by atoms with E-state index in [1.54, 1.807) is 6.92 Å². The highest BCUT2D eigenvalue weighted by Gasteiger charge is 2.28. The maximum Gasteiger partial charge on any atom is 0.393 e. The third-order valence-corrected chi connectivity index (χ3v) is 2.02. The van der Waals surface area contributed by atoms with Crippen molar-refractivity contribution in [3.05, 3.63) is 34.9 Å². The van der Waals surface area contributed by atoms with Gasteiger partial charge in [-0.15, -0.1) is 0 Å². The number of amides is 1. The highest BCUT2D eigenvalue weighted by Crippen LogP contribution is 2.23. The van der Waals surface area contributed by atoms with Crippen LogP contribution in [0, 0.1) is 6.92 Å². The third kappa shape index (κ3) is 4.44. The molecular weight excluding hydrogens is 247 g/mol. The summed E-state index contributed by atoms with van der Waals surface area (Å²) in [6.07, 6.45) is -5.43. The molecule has 0 radical (unpaired) electrons. The van der Waals surface area contributed by atoms with Crippen LogP contribution >= 0.6 is 0 Å². The molecule has 0 heterocycles. The molecule has 0 aromatic heterocycles. The first kappa shape index (κ1) is 14.0. The minimum atomic E-state index is -4.33. The van der Waals surface area contributed by atoms with Crippen molar-refractivity contribution in [2.45, 2.75) is 19.5 Å². The maximum absolute atomic E-state index is 12.3. The van der Waals surface area contributed by atoms with E-state index in [0.717, 1.165) is 6.07 Å². The van der Waals surface area contributed by atoms with E-state index in [1.165, 1.54) is 12.1 Å². The molecule has 0 aliphatic carbocycles. The van der Waals surface area contributed by atoms with Gasteiger partial charge in [0.25, 0.3) is 5.91 Å². The summed E-state index contributed by atoms with van der Waals surface area (Å²) >= 11 is 0. The van der Waals surface area contributed by atoms with Gasteiger partial charge in [-0.05, 0) is 24.6 Å². The number of hydrogen-bond donors (Lipinski definition) is 2. The molecule has 0 aliphatic rings. The van der Waals surface area contributed by atoms with Crippen LogP contribution in [0.3, 0.4) is 0 Å². The highest BCUT2D eigenvalue weighted by molar-refractivity contribution is 6.02. The quantitative estimate of drug-likeness (QED) is 0.624. The highest BCUT2D eigenvalue weighted by atomic mass is 19.4. The largest absolute Gasteiger partial charge is 0.393 e. The standard InChI is InChI=1S/C11H12F3N3O/c1-6-2-7(5-11(12,13)14)4-8(3-6)9(18)17-10(15)16/h2-4H,5H2,1H3,(H4,15,16,17,18). The Bertz CT molecular complexity index is 491. The second-order valence-corrected chi connectivity index (χ2v) is 3.84. The number of carbonyl (C=O) groups excluding carboxylic acids is 1. The SMILES string of the molecule is Cc1cc(CC(F)(F)F)cc(C(=O)N=C(N)N)c1. The first-order chi connectivity index (χ1) is 8.17. The topological polar surface area (TPSA) is 81.5 Å². The summed E-state index contributed by atoms with van der Waals surface area (Å²) in [5.74, 6) is -1.19. The number of aliphatic imine (C=N–C) groups is 1. The van der Waals surface area contributed by atoms with E-state index in [-0.39, 0.29) is 11.1 Å². The van der Waals surface area contributed by atoms with E-state index in [0.29, 0.717) is 5.56 Å². The zero-order valence-electron chi connectivity index (χ0n) is 9.58. The fourth-order valence-electron chi connectivity index (χ4n) is 1.50. The summed E-state index contributed by atoms with van der Waals surface area (Å²) in [7, 11) is 0. The Morgan fingerprint density at radius 1 is 1.28 bits per heavy atom. The van der Waals surface area contributed by atoms with Crippen molar-refractivity contribution < 1.29 is 18.0 Å². The normalized spacial score (nSPS) is 11.1. The average molecular weight is 259 g/mol. The molecule has 4 nitrogen and oxygen atoms in total. The van der Waals surface area contributed by atoms with Crippen LogP contribution in [0.15, 0.2) is 23.2 Å². The molecule has 1 rings (SSSR count). The first-order valence-electron chi connectivity index (χ1n) is 4.98. The molecule has 0 saturated carbocycles. The molecule has 1 aromatic rings. The number of halogens is 3. The Morgan fingerprint density at radius 2 is 1.89 bits per heavy atom. The van der Waals surface area contributed by atoms with Gasteiger partial charge < -0.3 is 11.5 Å². The van der Waals surface area contributed by atoms with Crippen LogP contribution in [0.25, 0.3) is 0 Å². The zero-order chi connectivity index (χ0) is 13.9. The van der Waals surface area contributed by atoms with Gasteiger partial charge in [-0.3, -0.25) is 4.79 Å². The number of nitrogens with two attached hydrogens (primary N) is 2. The molecule has 4 N–H and O–H groups in total. The second-order valence-electron chi connectivity index (χ2n) is 3.84. The Hall–Kier alpha value is -2.05. The first-order valence-corrected chi connectivity index (χ1v) is 4.98.